The lowest BCUT2D eigenvalue weighted by Crippen LogP contribution is -2.49. The van der Waals surface area contributed by atoms with Crippen molar-refractivity contribution in [2.24, 2.45) is 0 Å². The lowest BCUT2D eigenvalue weighted by atomic mass is 10.0. The number of hydrogen-bond donors (Lipinski definition) is 6. The van der Waals surface area contributed by atoms with Crippen LogP contribution in [0.2, 0.25) is 0 Å². The first-order chi connectivity index (χ1) is 28.5. The molecule has 0 aromatic heterocycles. The second-order valence-corrected chi connectivity index (χ2v) is 16.8. The van der Waals surface area contributed by atoms with Gasteiger partial charge in [-0.25, -0.2) is 35.9 Å². The Morgan fingerprint density at radius 3 is 1.52 bits per heavy atom. The van der Waals surface area contributed by atoms with Crippen molar-refractivity contribution >= 4 is 67.3 Å². The molecule has 0 radical (unpaired) electrons. The molecule has 2 aromatic carbocycles. The largest absolute Gasteiger partial charge is 0.492 e. The zero-order valence-corrected chi connectivity index (χ0v) is 35.3. The Morgan fingerprint density at radius 2 is 1.15 bits per heavy atom. The van der Waals surface area contributed by atoms with E-state index in [1.54, 1.807) is 26.0 Å². The maximum atomic E-state index is 12.8. The average molecular weight is 893 g/mol. The number of urea groups is 3. The zero-order chi connectivity index (χ0) is 43.8. The van der Waals surface area contributed by atoms with E-state index in [0.717, 1.165) is 9.80 Å². The third kappa shape index (κ3) is 10.7. The fourth-order valence-corrected chi connectivity index (χ4v) is 8.73. The van der Waals surface area contributed by atoms with E-state index in [4.69, 9.17) is 31.2 Å². The first kappa shape index (κ1) is 45.0. The number of amides is 8. The molecule has 4 aliphatic heterocycles. The van der Waals surface area contributed by atoms with Gasteiger partial charge in [-0.1, -0.05) is 12.2 Å². The number of nitrogens with zero attached hydrogens (tertiary/aromatic N) is 2. The molecule has 0 spiro atoms. The van der Waals surface area contributed by atoms with Crippen LogP contribution in [0.15, 0.2) is 58.4 Å². The van der Waals surface area contributed by atoms with Crippen LogP contribution in [0, 0.1) is 0 Å². The molecule has 2 atom stereocenters. The van der Waals surface area contributed by atoms with Crippen LogP contribution in [0.3, 0.4) is 0 Å². The summed E-state index contributed by atoms with van der Waals surface area (Å²) in [5, 5.41) is 10.1. The Bertz CT molecular complexity index is 2180. The third-order valence-electron chi connectivity index (χ3n) is 8.93. The minimum absolute atomic E-state index is 0.0453. The lowest BCUT2D eigenvalue weighted by molar-refractivity contribution is -0.122. The first-order valence-electron chi connectivity index (χ1n) is 18.4. The maximum Gasteiger partial charge on any atom is 0.328 e. The van der Waals surface area contributed by atoms with Crippen LogP contribution < -0.4 is 49.7 Å². The molecule has 0 bridgehead atoms. The van der Waals surface area contributed by atoms with Crippen molar-refractivity contribution in [1.82, 2.24) is 40.5 Å². The molecule has 21 nitrogen and oxygen atoms in total. The number of hydrogen-bond acceptors (Lipinski definition) is 14. The fraction of sp³-hybridized carbons (Fsp3) is 0.389. The molecule has 0 aliphatic carbocycles. The number of rotatable bonds is 10. The summed E-state index contributed by atoms with van der Waals surface area (Å²) in [6, 6.07) is 2.89. The van der Waals surface area contributed by atoms with Gasteiger partial charge in [-0.3, -0.25) is 24.1 Å². The third-order valence-corrected chi connectivity index (χ3v) is 12.1. The van der Waals surface area contributed by atoms with Crippen LogP contribution in [-0.4, -0.2) is 127 Å². The first-order valence-corrected chi connectivity index (χ1v) is 21.8. The minimum atomic E-state index is -4.21. The SMILES string of the molecule is CCOc1cc2c(cc1S(=O)(=O)NC(=O)NC)CC(NC(=O)N1CC=CC1=O)CO2.CCOc1cc2c(cc1S(=O)(=O)NC(=S)NC)CC(NC(=O)N1CC=CC1=O)CO2. The maximum absolute atomic E-state index is 12.8. The number of carbonyl (C=O) groups excluding carboxylic acids is 5. The minimum Gasteiger partial charge on any atom is -0.492 e. The molecule has 0 fully saturated rings. The Balaban J connectivity index is 0.000000228. The summed E-state index contributed by atoms with van der Waals surface area (Å²) in [6.07, 6.45) is 6.43. The van der Waals surface area contributed by atoms with Gasteiger partial charge in [0, 0.05) is 51.5 Å². The molecule has 4 heterocycles. The highest BCUT2D eigenvalue weighted by atomic mass is 32.2. The summed E-state index contributed by atoms with van der Waals surface area (Å²) in [5.74, 6) is 0.285. The average Bonchev–Trinajstić information content (AvgIpc) is 3.85. The standard InChI is InChI=1S/C18H22N4O7S.C18H22N4O6S2/c1-3-28-14-9-13-11(8-15(14)30(26,27)21-17(24)19-2)7-12(10-29-13)20-18(25)22-6-4-5-16(22)23;1-3-27-14-9-13-11(8-15(14)30(25,26)21-17(29)19-2)7-12(10-28-13)20-18(24)22-6-4-5-16(22)23/h4-5,8-9,12H,3,6-7,10H2,1-2H3,(H,20,25)(H2,19,21,24);4-5,8-9,12H,3,6-7,10H2,1-2H3,(H,20,24)(H2,19,21,29). The van der Waals surface area contributed by atoms with Crippen molar-refractivity contribution in [3.63, 3.8) is 0 Å². The second-order valence-electron chi connectivity index (χ2n) is 13.1. The molecule has 324 valence electrons. The van der Waals surface area contributed by atoms with Gasteiger partial charge in [-0.15, -0.1) is 0 Å². The van der Waals surface area contributed by atoms with Crippen molar-refractivity contribution in [3.8, 4) is 23.0 Å². The number of benzene rings is 2. The molecule has 4 aliphatic rings. The van der Waals surface area contributed by atoms with Crippen LogP contribution in [-0.2, 0) is 42.5 Å². The molecular formula is C36H44N8O13S3. The van der Waals surface area contributed by atoms with Crippen LogP contribution in [0.5, 0.6) is 23.0 Å². The zero-order valence-electron chi connectivity index (χ0n) is 32.9. The van der Waals surface area contributed by atoms with Gasteiger partial charge in [-0.05, 0) is 62.2 Å². The van der Waals surface area contributed by atoms with E-state index in [2.05, 4.69) is 26.0 Å². The number of imide groups is 2. The Labute approximate surface area is 351 Å². The van der Waals surface area contributed by atoms with Gasteiger partial charge >= 0.3 is 18.1 Å². The molecular weight excluding hydrogens is 849 g/mol. The van der Waals surface area contributed by atoms with Gasteiger partial charge in [-0.2, -0.15) is 0 Å². The van der Waals surface area contributed by atoms with Crippen LogP contribution in [0.4, 0.5) is 14.4 Å². The number of ether oxygens (including phenoxy) is 4. The van der Waals surface area contributed by atoms with Crippen molar-refractivity contribution in [2.45, 2.75) is 48.6 Å². The molecule has 24 heteroatoms. The molecule has 0 saturated carbocycles. The molecule has 2 unspecified atom stereocenters. The second kappa shape index (κ2) is 19.3. The summed E-state index contributed by atoms with van der Waals surface area (Å²) in [4.78, 5) is 61.3. The summed E-state index contributed by atoms with van der Waals surface area (Å²) in [6.45, 7) is 4.62. The monoisotopic (exact) mass is 892 g/mol. The summed E-state index contributed by atoms with van der Waals surface area (Å²) >= 11 is 4.91. The fourth-order valence-electron chi connectivity index (χ4n) is 6.13. The van der Waals surface area contributed by atoms with Crippen molar-refractivity contribution in [1.29, 1.82) is 0 Å². The van der Waals surface area contributed by atoms with E-state index in [-0.39, 0.29) is 78.2 Å². The van der Waals surface area contributed by atoms with Gasteiger partial charge in [0.2, 0.25) is 0 Å². The quantitative estimate of drug-likeness (QED) is 0.176. The van der Waals surface area contributed by atoms with E-state index >= 15 is 0 Å². The highest BCUT2D eigenvalue weighted by Gasteiger charge is 2.32. The smallest absolute Gasteiger partial charge is 0.328 e. The highest BCUT2D eigenvalue weighted by molar-refractivity contribution is 7.92. The number of nitrogens with one attached hydrogen (secondary N) is 6. The van der Waals surface area contributed by atoms with E-state index < -0.39 is 56.1 Å². The normalized spacial score (nSPS) is 17.7. The summed E-state index contributed by atoms with van der Waals surface area (Å²) < 4.78 is 77.3. The van der Waals surface area contributed by atoms with Gasteiger partial charge in [0.15, 0.2) is 5.11 Å². The Hall–Kier alpha value is -6.14. The lowest BCUT2D eigenvalue weighted by Gasteiger charge is -2.28. The predicted molar refractivity (Wildman–Crippen MR) is 217 cm³/mol. The molecule has 60 heavy (non-hydrogen) atoms. The van der Waals surface area contributed by atoms with Crippen molar-refractivity contribution < 1.29 is 59.8 Å². The number of thiocarbonyl (C=S) groups is 1. The van der Waals surface area contributed by atoms with E-state index in [0.29, 0.717) is 29.0 Å². The molecule has 6 rings (SSSR count). The van der Waals surface area contributed by atoms with Gasteiger partial charge in [0.25, 0.3) is 31.9 Å². The summed E-state index contributed by atoms with van der Waals surface area (Å²) in [7, 11) is -5.41. The van der Waals surface area contributed by atoms with E-state index in [1.807, 2.05) is 4.72 Å². The molecule has 0 saturated heterocycles. The number of sulfonamides is 2. The van der Waals surface area contributed by atoms with Crippen LogP contribution in [0.1, 0.15) is 25.0 Å². The van der Waals surface area contributed by atoms with Gasteiger partial charge in [0.05, 0.1) is 25.3 Å². The molecule has 6 N–H and O–H groups in total. The van der Waals surface area contributed by atoms with Gasteiger partial charge in [0.1, 0.15) is 46.0 Å². The Morgan fingerprint density at radius 1 is 0.717 bits per heavy atom. The number of fused-ring (bicyclic) bond motifs is 2. The van der Waals surface area contributed by atoms with E-state index in [1.165, 1.54) is 50.5 Å². The number of carbonyl (C=O) groups is 5. The van der Waals surface area contributed by atoms with Crippen molar-refractivity contribution in [3.05, 3.63) is 59.7 Å². The van der Waals surface area contributed by atoms with E-state index in [9.17, 15) is 40.8 Å². The Kier molecular flexibility index (Phi) is 14.4. The van der Waals surface area contributed by atoms with Crippen LogP contribution in [0.25, 0.3) is 0 Å². The topological polar surface area (TPSA) is 269 Å². The van der Waals surface area contributed by atoms with Crippen molar-refractivity contribution in [2.75, 3.05) is 53.6 Å². The predicted octanol–water partition coefficient (Wildman–Crippen LogP) is 0.394. The molecule has 8 amide bonds. The summed E-state index contributed by atoms with van der Waals surface area (Å²) in [5.41, 5.74) is 1.09. The van der Waals surface area contributed by atoms with Crippen LogP contribution >= 0.6 is 12.2 Å². The molecule has 2 aromatic rings. The van der Waals surface area contributed by atoms with Gasteiger partial charge < -0.3 is 40.2 Å². The highest BCUT2D eigenvalue weighted by Crippen LogP contribution is 2.37.